The van der Waals surface area contributed by atoms with Gasteiger partial charge in [-0.25, -0.2) is 0 Å². The maximum absolute atomic E-state index is 14.1. The van der Waals surface area contributed by atoms with E-state index in [0.717, 1.165) is 25.7 Å². The number of rotatable bonds is 16. The Morgan fingerprint density at radius 1 is 1.09 bits per heavy atom. The van der Waals surface area contributed by atoms with Gasteiger partial charge < -0.3 is 15.1 Å². The zero-order valence-corrected chi connectivity index (χ0v) is 19.7. The second kappa shape index (κ2) is 13.6. The van der Waals surface area contributed by atoms with Crippen molar-refractivity contribution < 1.29 is 28.6 Å². The molecule has 1 aliphatic rings. The third-order valence-corrected chi connectivity index (χ3v) is 6.72. The van der Waals surface area contributed by atoms with Crippen LogP contribution >= 0.6 is 0 Å². The van der Waals surface area contributed by atoms with Gasteiger partial charge in [0.2, 0.25) is 0 Å². The highest BCUT2D eigenvalue weighted by Gasteiger charge is 2.52. The Labute approximate surface area is 196 Å². The zero-order chi connectivity index (χ0) is 24.3. The average molecular weight is 468 g/mol. The predicted octanol–water partition coefficient (Wildman–Crippen LogP) is 5.45. The standard InChI is InChI=1S/C26H39F2NO4/c1-20(11-8-9-14-21-12-5-4-6-13-21)23(30)17-16-22-19-26(27,28)25(33)29(22)18-10-3-2-7-15-24(31)32/h4-6,12-13,20,22-23,30H,2-3,7-11,14-19H2,1H3,(H,31,32)/t20-,22?,23-/m1/s1. The van der Waals surface area contributed by atoms with Crippen molar-refractivity contribution in [3.63, 3.8) is 0 Å². The first-order chi connectivity index (χ1) is 15.7. The number of alkyl halides is 2. The number of hydrogen-bond donors (Lipinski definition) is 2. The molecule has 1 aromatic carbocycles. The molecule has 186 valence electrons. The number of benzene rings is 1. The van der Waals surface area contributed by atoms with E-state index in [1.165, 1.54) is 10.5 Å². The van der Waals surface area contributed by atoms with Crippen molar-refractivity contribution in [2.24, 2.45) is 5.92 Å². The van der Waals surface area contributed by atoms with Gasteiger partial charge in [-0.1, -0.05) is 56.5 Å². The molecule has 0 aliphatic carbocycles. The van der Waals surface area contributed by atoms with Crippen LogP contribution in [-0.4, -0.2) is 51.6 Å². The first-order valence-electron chi connectivity index (χ1n) is 12.3. The van der Waals surface area contributed by atoms with Gasteiger partial charge in [-0.05, 0) is 56.4 Å². The molecule has 1 fully saturated rings. The average Bonchev–Trinajstić information content (AvgIpc) is 3.00. The Kier molecular flexibility index (Phi) is 11.2. The highest BCUT2D eigenvalue weighted by Crippen LogP contribution is 2.36. The molecule has 1 aliphatic heterocycles. The van der Waals surface area contributed by atoms with E-state index >= 15 is 0 Å². The summed E-state index contributed by atoms with van der Waals surface area (Å²) in [6, 6.07) is 9.73. The van der Waals surface area contributed by atoms with Gasteiger partial charge in [-0.3, -0.25) is 9.59 Å². The SMILES string of the molecule is C[C@H](CCCCc1ccccc1)[C@H](O)CCC1CC(F)(F)C(=O)N1CCCCCCC(=O)O. The lowest BCUT2D eigenvalue weighted by Crippen LogP contribution is -2.37. The van der Waals surface area contributed by atoms with E-state index in [4.69, 9.17) is 5.11 Å². The molecule has 1 amide bonds. The molecule has 2 rings (SSSR count). The van der Waals surface area contributed by atoms with Crippen molar-refractivity contribution in [3.05, 3.63) is 35.9 Å². The summed E-state index contributed by atoms with van der Waals surface area (Å²) in [6.07, 6.45) is 6.31. The van der Waals surface area contributed by atoms with E-state index in [1.807, 2.05) is 25.1 Å². The summed E-state index contributed by atoms with van der Waals surface area (Å²) in [5.41, 5.74) is 1.31. The second-order valence-electron chi connectivity index (χ2n) is 9.47. The minimum Gasteiger partial charge on any atom is -0.481 e. The lowest BCUT2D eigenvalue weighted by molar-refractivity contribution is -0.148. The molecule has 3 atom stereocenters. The van der Waals surface area contributed by atoms with Crippen LogP contribution in [0, 0.1) is 5.92 Å². The Morgan fingerprint density at radius 2 is 1.79 bits per heavy atom. The summed E-state index contributed by atoms with van der Waals surface area (Å²) in [7, 11) is 0. The summed E-state index contributed by atoms with van der Waals surface area (Å²) in [4.78, 5) is 24.0. The quantitative estimate of drug-likeness (QED) is 0.317. The van der Waals surface area contributed by atoms with Crippen LogP contribution in [0.2, 0.25) is 0 Å². The van der Waals surface area contributed by atoms with Crippen LogP contribution in [0.15, 0.2) is 30.3 Å². The van der Waals surface area contributed by atoms with E-state index in [1.54, 1.807) is 0 Å². The van der Waals surface area contributed by atoms with E-state index < -0.39 is 36.4 Å². The summed E-state index contributed by atoms with van der Waals surface area (Å²) >= 11 is 0. The highest BCUT2D eigenvalue weighted by atomic mass is 19.3. The minimum atomic E-state index is -3.33. The van der Waals surface area contributed by atoms with Gasteiger partial charge in [0.15, 0.2) is 0 Å². The Hall–Kier alpha value is -2.02. The van der Waals surface area contributed by atoms with Gasteiger partial charge in [0.1, 0.15) is 0 Å². The molecule has 33 heavy (non-hydrogen) atoms. The van der Waals surface area contributed by atoms with E-state index in [0.29, 0.717) is 38.5 Å². The summed E-state index contributed by atoms with van der Waals surface area (Å²) in [6.45, 7) is 2.26. The smallest absolute Gasteiger partial charge is 0.326 e. The van der Waals surface area contributed by atoms with Crippen molar-refractivity contribution in [3.8, 4) is 0 Å². The predicted molar refractivity (Wildman–Crippen MR) is 124 cm³/mol. The molecule has 2 N–H and O–H groups in total. The molecule has 0 saturated carbocycles. The first-order valence-corrected chi connectivity index (χ1v) is 12.3. The number of aliphatic carboxylic acids is 1. The molecule has 1 saturated heterocycles. The van der Waals surface area contributed by atoms with Crippen LogP contribution in [0.5, 0.6) is 0 Å². The normalized spacial score (nSPS) is 19.6. The number of halogens is 2. The summed E-state index contributed by atoms with van der Waals surface area (Å²) in [5, 5.41) is 19.2. The number of unbranched alkanes of at least 4 members (excludes halogenated alkanes) is 4. The monoisotopic (exact) mass is 467 g/mol. The summed E-state index contributed by atoms with van der Waals surface area (Å²) < 4.78 is 28.1. The molecule has 0 bridgehead atoms. The molecule has 1 heterocycles. The number of likely N-dealkylation sites (tertiary alicyclic amines) is 1. The van der Waals surface area contributed by atoms with Crippen LogP contribution in [0.3, 0.4) is 0 Å². The number of nitrogens with zero attached hydrogens (tertiary/aromatic N) is 1. The summed E-state index contributed by atoms with van der Waals surface area (Å²) in [5.74, 6) is -5.20. The minimum absolute atomic E-state index is 0.0843. The molecule has 0 aromatic heterocycles. The van der Waals surface area contributed by atoms with E-state index in [9.17, 15) is 23.5 Å². The molecule has 1 unspecified atom stereocenters. The van der Waals surface area contributed by atoms with E-state index in [-0.39, 0.29) is 18.9 Å². The van der Waals surface area contributed by atoms with Gasteiger partial charge >= 0.3 is 11.9 Å². The van der Waals surface area contributed by atoms with Gasteiger partial charge in [0.25, 0.3) is 5.91 Å². The third kappa shape index (κ3) is 9.40. The molecule has 0 spiro atoms. The molecule has 7 heteroatoms. The second-order valence-corrected chi connectivity index (χ2v) is 9.47. The van der Waals surface area contributed by atoms with Crippen LogP contribution < -0.4 is 0 Å². The number of aryl methyl sites for hydroxylation is 1. The van der Waals surface area contributed by atoms with Gasteiger partial charge in [0, 0.05) is 25.4 Å². The molecular weight excluding hydrogens is 428 g/mol. The number of carboxylic acids is 1. The lowest BCUT2D eigenvalue weighted by Gasteiger charge is -2.26. The number of aliphatic hydroxyl groups excluding tert-OH is 1. The van der Waals surface area contributed by atoms with Gasteiger partial charge in [-0.15, -0.1) is 0 Å². The Balaban J connectivity index is 1.70. The number of aliphatic hydroxyl groups is 1. The van der Waals surface area contributed by atoms with Crippen LogP contribution in [0.4, 0.5) is 8.78 Å². The molecule has 0 radical (unpaired) electrons. The molecular formula is C26H39F2NO4. The highest BCUT2D eigenvalue weighted by molar-refractivity contribution is 5.86. The van der Waals surface area contributed by atoms with Gasteiger partial charge in [0.05, 0.1) is 6.10 Å². The van der Waals surface area contributed by atoms with Gasteiger partial charge in [-0.2, -0.15) is 8.78 Å². The largest absolute Gasteiger partial charge is 0.481 e. The van der Waals surface area contributed by atoms with E-state index in [2.05, 4.69) is 12.1 Å². The Morgan fingerprint density at radius 3 is 2.48 bits per heavy atom. The van der Waals surface area contributed by atoms with Crippen LogP contribution in [0.25, 0.3) is 0 Å². The fourth-order valence-corrected chi connectivity index (χ4v) is 4.60. The molecule has 1 aromatic rings. The number of hydrogen-bond acceptors (Lipinski definition) is 3. The van der Waals surface area contributed by atoms with Crippen molar-refractivity contribution in [1.29, 1.82) is 0 Å². The first kappa shape index (κ1) is 27.2. The van der Waals surface area contributed by atoms with Crippen molar-refractivity contribution >= 4 is 11.9 Å². The fraction of sp³-hybridized carbons (Fsp3) is 0.692. The van der Waals surface area contributed by atoms with Crippen molar-refractivity contribution in [2.45, 2.75) is 102 Å². The number of carboxylic acid groups (broad SMARTS) is 1. The number of amides is 1. The lowest BCUT2D eigenvalue weighted by atomic mass is 9.92. The van der Waals surface area contributed by atoms with Crippen LogP contribution in [0.1, 0.15) is 83.1 Å². The zero-order valence-electron chi connectivity index (χ0n) is 19.7. The number of carbonyl (C=O) groups excluding carboxylic acids is 1. The maximum Gasteiger partial charge on any atom is 0.326 e. The topological polar surface area (TPSA) is 77.8 Å². The molecule has 5 nitrogen and oxygen atoms in total. The fourth-order valence-electron chi connectivity index (χ4n) is 4.60. The van der Waals surface area contributed by atoms with Crippen LogP contribution in [-0.2, 0) is 16.0 Å². The van der Waals surface area contributed by atoms with Crippen molar-refractivity contribution in [1.82, 2.24) is 4.90 Å². The maximum atomic E-state index is 14.1. The third-order valence-electron chi connectivity index (χ3n) is 6.72. The van der Waals surface area contributed by atoms with Crippen molar-refractivity contribution in [2.75, 3.05) is 6.54 Å². The number of carbonyl (C=O) groups is 2. The Bertz CT molecular complexity index is 728.